The average Bonchev–Trinajstić information content (AvgIpc) is 2.77. The van der Waals surface area contributed by atoms with Crippen molar-refractivity contribution in [3.8, 4) is 0 Å². The summed E-state index contributed by atoms with van der Waals surface area (Å²) < 4.78 is 0. The Morgan fingerprint density at radius 2 is 1.84 bits per heavy atom. The summed E-state index contributed by atoms with van der Waals surface area (Å²) in [5.41, 5.74) is 1.12. The molecule has 1 aliphatic rings. The van der Waals surface area contributed by atoms with Crippen LogP contribution in [0.2, 0.25) is 0 Å². The number of rotatable bonds is 4. The zero-order chi connectivity index (χ0) is 14.0. The predicted octanol–water partition coefficient (Wildman–Crippen LogP) is 3.55. The van der Waals surface area contributed by atoms with Crippen molar-refractivity contribution in [2.45, 2.75) is 58.9 Å². The molecule has 0 radical (unpaired) electrons. The van der Waals surface area contributed by atoms with Crippen LogP contribution >= 0.6 is 0 Å². The Labute approximate surface area is 116 Å². The Morgan fingerprint density at radius 1 is 1.16 bits per heavy atom. The lowest BCUT2D eigenvalue weighted by Gasteiger charge is -2.21. The van der Waals surface area contributed by atoms with Crippen molar-refractivity contribution in [3.05, 3.63) is 11.4 Å². The van der Waals surface area contributed by atoms with E-state index in [-0.39, 0.29) is 0 Å². The first-order valence-corrected chi connectivity index (χ1v) is 7.35. The van der Waals surface area contributed by atoms with E-state index < -0.39 is 0 Å². The van der Waals surface area contributed by atoms with Gasteiger partial charge in [-0.05, 0) is 25.7 Å². The molecule has 1 aromatic rings. The molecule has 0 bridgehead atoms. The van der Waals surface area contributed by atoms with E-state index in [1.54, 1.807) is 0 Å². The van der Waals surface area contributed by atoms with Crippen LogP contribution in [-0.2, 0) is 0 Å². The molecule has 2 unspecified atom stereocenters. The summed E-state index contributed by atoms with van der Waals surface area (Å²) in [4.78, 5) is 9.30. The molecule has 4 heteroatoms. The second-order valence-electron chi connectivity index (χ2n) is 5.97. The van der Waals surface area contributed by atoms with Crippen molar-refractivity contribution >= 4 is 11.6 Å². The molecule has 0 aromatic carbocycles. The molecule has 0 saturated heterocycles. The molecule has 1 saturated carbocycles. The maximum Gasteiger partial charge on any atom is 0.135 e. The summed E-state index contributed by atoms with van der Waals surface area (Å²) in [6.45, 7) is 8.67. The number of nitrogens with zero attached hydrogens (tertiary/aromatic N) is 2. The maximum atomic E-state index is 4.72. The van der Waals surface area contributed by atoms with Gasteiger partial charge in [0.05, 0.1) is 0 Å². The third-order valence-corrected chi connectivity index (χ3v) is 4.10. The second-order valence-corrected chi connectivity index (χ2v) is 5.97. The molecule has 1 aliphatic carbocycles. The van der Waals surface area contributed by atoms with Gasteiger partial charge >= 0.3 is 0 Å². The van der Waals surface area contributed by atoms with Gasteiger partial charge in [-0.25, -0.2) is 9.97 Å². The molecule has 4 nitrogen and oxygen atoms in total. The normalized spacial score (nSPS) is 22.8. The molecule has 1 fully saturated rings. The fourth-order valence-corrected chi connectivity index (χ4v) is 2.71. The number of aromatic nitrogens is 2. The van der Waals surface area contributed by atoms with E-state index in [4.69, 9.17) is 4.98 Å². The van der Waals surface area contributed by atoms with E-state index >= 15 is 0 Å². The Balaban J connectivity index is 2.29. The third kappa shape index (κ3) is 2.99. The van der Waals surface area contributed by atoms with Gasteiger partial charge in [-0.3, -0.25) is 0 Å². The van der Waals surface area contributed by atoms with Crippen molar-refractivity contribution < 1.29 is 0 Å². The van der Waals surface area contributed by atoms with E-state index in [1.807, 2.05) is 7.05 Å². The van der Waals surface area contributed by atoms with Gasteiger partial charge in [0.1, 0.15) is 17.5 Å². The largest absolute Gasteiger partial charge is 0.373 e. The first-order chi connectivity index (χ1) is 9.02. The van der Waals surface area contributed by atoms with Crippen LogP contribution in [-0.4, -0.2) is 23.1 Å². The standard InChI is InChI=1S/C15H26N4/c1-9(2)13-18-14(16-5)11(4)15(19-13)17-12-8-6-7-10(12)3/h9-10,12H,6-8H2,1-5H3,(H2,16,17,18,19). The van der Waals surface area contributed by atoms with E-state index in [1.165, 1.54) is 19.3 Å². The van der Waals surface area contributed by atoms with E-state index in [9.17, 15) is 0 Å². The highest BCUT2D eigenvalue weighted by atomic mass is 15.1. The molecule has 0 spiro atoms. The molecule has 1 aromatic heterocycles. The Morgan fingerprint density at radius 3 is 2.37 bits per heavy atom. The average molecular weight is 262 g/mol. The molecule has 19 heavy (non-hydrogen) atoms. The Kier molecular flexibility index (Phi) is 4.27. The number of nitrogens with one attached hydrogen (secondary N) is 2. The quantitative estimate of drug-likeness (QED) is 0.871. The highest BCUT2D eigenvalue weighted by molar-refractivity contribution is 5.57. The summed E-state index contributed by atoms with van der Waals surface area (Å²) in [6.07, 6.45) is 3.88. The van der Waals surface area contributed by atoms with Gasteiger partial charge in [0.15, 0.2) is 0 Å². The molecule has 0 amide bonds. The van der Waals surface area contributed by atoms with Crippen LogP contribution in [0.3, 0.4) is 0 Å². The Bertz CT molecular complexity index is 442. The van der Waals surface area contributed by atoms with E-state index in [2.05, 4.69) is 43.3 Å². The molecule has 1 heterocycles. The Hall–Kier alpha value is -1.32. The van der Waals surface area contributed by atoms with Crippen LogP contribution in [0.25, 0.3) is 0 Å². The lowest BCUT2D eigenvalue weighted by atomic mass is 10.1. The minimum Gasteiger partial charge on any atom is -0.373 e. The number of anilines is 2. The fourth-order valence-electron chi connectivity index (χ4n) is 2.71. The summed E-state index contributed by atoms with van der Waals surface area (Å²) in [7, 11) is 1.92. The van der Waals surface area contributed by atoms with Crippen LogP contribution in [0.5, 0.6) is 0 Å². The summed E-state index contributed by atoms with van der Waals surface area (Å²) in [5.74, 6) is 3.92. The van der Waals surface area contributed by atoms with E-state index in [0.717, 1.165) is 28.9 Å². The van der Waals surface area contributed by atoms with Gasteiger partial charge in [-0.2, -0.15) is 0 Å². The van der Waals surface area contributed by atoms with Gasteiger partial charge in [-0.1, -0.05) is 27.2 Å². The van der Waals surface area contributed by atoms with Gasteiger partial charge in [0.25, 0.3) is 0 Å². The summed E-state index contributed by atoms with van der Waals surface area (Å²) in [6, 6.07) is 0.554. The SMILES string of the molecule is CNc1nc(C(C)C)nc(NC2CCCC2C)c1C. The molecule has 2 rings (SSSR count). The predicted molar refractivity (Wildman–Crippen MR) is 80.8 cm³/mol. The third-order valence-electron chi connectivity index (χ3n) is 4.10. The van der Waals surface area contributed by atoms with Gasteiger partial charge in [-0.15, -0.1) is 0 Å². The van der Waals surface area contributed by atoms with Crippen molar-refractivity contribution in [1.29, 1.82) is 0 Å². The van der Waals surface area contributed by atoms with Gasteiger partial charge in [0.2, 0.25) is 0 Å². The number of hydrogen-bond donors (Lipinski definition) is 2. The maximum absolute atomic E-state index is 4.72. The first kappa shape index (κ1) is 14.1. The second kappa shape index (κ2) is 5.76. The van der Waals surface area contributed by atoms with Crippen molar-refractivity contribution in [1.82, 2.24) is 9.97 Å². The molecule has 2 atom stereocenters. The van der Waals surface area contributed by atoms with Crippen LogP contribution in [0.1, 0.15) is 57.3 Å². The molecule has 106 valence electrons. The minimum atomic E-state index is 0.342. The van der Waals surface area contributed by atoms with Crippen LogP contribution in [0.4, 0.5) is 11.6 Å². The molecular formula is C15H26N4. The highest BCUT2D eigenvalue weighted by Gasteiger charge is 2.24. The number of hydrogen-bond acceptors (Lipinski definition) is 4. The molecule has 0 aliphatic heterocycles. The van der Waals surface area contributed by atoms with Crippen molar-refractivity contribution in [2.24, 2.45) is 5.92 Å². The minimum absolute atomic E-state index is 0.342. The molecule has 2 N–H and O–H groups in total. The van der Waals surface area contributed by atoms with Crippen LogP contribution in [0.15, 0.2) is 0 Å². The molecular weight excluding hydrogens is 236 g/mol. The van der Waals surface area contributed by atoms with Gasteiger partial charge in [0, 0.05) is 24.6 Å². The monoisotopic (exact) mass is 262 g/mol. The smallest absolute Gasteiger partial charge is 0.135 e. The lowest BCUT2D eigenvalue weighted by molar-refractivity contribution is 0.554. The lowest BCUT2D eigenvalue weighted by Crippen LogP contribution is -2.24. The van der Waals surface area contributed by atoms with E-state index in [0.29, 0.717) is 12.0 Å². The first-order valence-electron chi connectivity index (χ1n) is 7.35. The van der Waals surface area contributed by atoms with Crippen LogP contribution < -0.4 is 10.6 Å². The van der Waals surface area contributed by atoms with Gasteiger partial charge < -0.3 is 10.6 Å². The highest BCUT2D eigenvalue weighted by Crippen LogP contribution is 2.30. The van der Waals surface area contributed by atoms with Crippen LogP contribution in [0, 0.1) is 12.8 Å². The topological polar surface area (TPSA) is 49.8 Å². The van der Waals surface area contributed by atoms with Crippen molar-refractivity contribution in [2.75, 3.05) is 17.7 Å². The fraction of sp³-hybridized carbons (Fsp3) is 0.733. The zero-order valence-corrected chi connectivity index (χ0v) is 12.7. The van der Waals surface area contributed by atoms with Crippen molar-refractivity contribution in [3.63, 3.8) is 0 Å². The zero-order valence-electron chi connectivity index (χ0n) is 12.7. The summed E-state index contributed by atoms with van der Waals surface area (Å²) in [5, 5.41) is 6.81. The summed E-state index contributed by atoms with van der Waals surface area (Å²) >= 11 is 0.